The zero-order chi connectivity index (χ0) is 8.27. The third-order valence-corrected chi connectivity index (χ3v) is 1.22. The van der Waals surface area contributed by atoms with Crippen LogP contribution in [0, 0.1) is 0 Å². The Bertz CT molecular complexity index is 271. The lowest BCUT2D eigenvalue weighted by molar-refractivity contribution is 0.306. The lowest BCUT2D eigenvalue weighted by Crippen LogP contribution is -1.98. The monoisotopic (exact) mass is 176 g/mol. The summed E-state index contributed by atoms with van der Waals surface area (Å²) in [5.41, 5.74) is 5.40. The highest BCUT2D eigenvalue weighted by atomic mass is 35.5. The molecule has 1 aromatic rings. The largest absolute Gasteiger partial charge is 0.379 e. The van der Waals surface area contributed by atoms with Gasteiger partial charge in [-0.2, -0.15) is 0 Å². The molecule has 0 atom stereocenters. The molecule has 0 saturated carbocycles. The molecule has 7 heteroatoms. The van der Waals surface area contributed by atoms with Gasteiger partial charge in [0.1, 0.15) is 6.73 Å². The Labute approximate surface area is 66.6 Å². The molecule has 0 aliphatic heterocycles. The highest BCUT2D eigenvalue weighted by molar-refractivity contribution is 6.69. The molecule has 0 amide bonds. The Morgan fingerprint density at radius 3 is 2.91 bits per heavy atom. The van der Waals surface area contributed by atoms with Gasteiger partial charge in [-0.1, -0.05) is 11.6 Å². The normalized spacial score (nSPS) is 12.0. The number of nitrogens with two attached hydrogens (primary N) is 1. The second-order valence-electron chi connectivity index (χ2n) is 1.59. The SMILES string of the molecule is Nc1nonc1C(Cl)=NCO. The number of aliphatic hydroxyl groups is 1. The average Bonchev–Trinajstić information content (AvgIpc) is 2.36. The van der Waals surface area contributed by atoms with Gasteiger partial charge in [-0.25, -0.2) is 9.62 Å². The summed E-state index contributed by atoms with van der Waals surface area (Å²) in [5, 5.41) is 14.9. The molecule has 0 aliphatic carbocycles. The van der Waals surface area contributed by atoms with Gasteiger partial charge in [-0.15, -0.1) is 0 Å². The molecular formula is C4H5ClN4O2. The van der Waals surface area contributed by atoms with Gasteiger partial charge in [0.15, 0.2) is 16.7 Å². The summed E-state index contributed by atoms with van der Waals surface area (Å²) in [4.78, 5) is 3.42. The first-order valence-corrected chi connectivity index (χ1v) is 3.02. The van der Waals surface area contributed by atoms with Crippen molar-refractivity contribution in [2.24, 2.45) is 4.99 Å². The summed E-state index contributed by atoms with van der Waals surface area (Å²) in [7, 11) is 0. The number of halogens is 1. The highest BCUT2D eigenvalue weighted by Crippen LogP contribution is 2.08. The number of nitrogens with zero attached hydrogens (tertiary/aromatic N) is 3. The van der Waals surface area contributed by atoms with Crippen molar-refractivity contribution in [2.45, 2.75) is 0 Å². The van der Waals surface area contributed by atoms with Crippen molar-refractivity contribution in [1.29, 1.82) is 0 Å². The number of hydrogen-bond donors (Lipinski definition) is 2. The first kappa shape index (κ1) is 7.96. The zero-order valence-electron chi connectivity index (χ0n) is 5.36. The van der Waals surface area contributed by atoms with E-state index >= 15 is 0 Å². The lowest BCUT2D eigenvalue weighted by atomic mass is 10.5. The first-order valence-electron chi connectivity index (χ1n) is 2.65. The van der Waals surface area contributed by atoms with Gasteiger partial charge in [0.2, 0.25) is 0 Å². The second-order valence-corrected chi connectivity index (χ2v) is 1.95. The fourth-order valence-electron chi connectivity index (χ4n) is 0.476. The van der Waals surface area contributed by atoms with Crippen molar-refractivity contribution in [3.8, 4) is 0 Å². The predicted molar refractivity (Wildman–Crippen MR) is 38.2 cm³/mol. The van der Waals surface area contributed by atoms with Gasteiger partial charge in [0, 0.05) is 0 Å². The highest BCUT2D eigenvalue weighted by Gasteiger charge is 2.10. The van der Waals surface area contributed by atoms with Crippen LogP contribution in [0.5, 0.6) is 0 Å². The lowest BCUT2D eigenvalue weighted by Gasteiger charge is -1.88. The van der Waals surface area contributed by atoms with E-state index in [1.165, 1.54) is 0 Å². The first-order chi connectivity index (χ1) is 5.25. The van der Waals surface area contributed by atoms with Crippen LogP contribution in [0.3, 0.4) is 0 Å². The standard InChI is InChI=1S/C4H5ClN4O2/c5-3(7-1-10)2-4(6)9-11-8-2/h10H,1H2,(H2,6,9). The summed E-state index contributed by atoms with van der Waals surface area (Å²) in [5.74, 6) is 0.0483. The van der Waals surface area contributed by atoms with Crippen LogP contribution in [0.15, 0.2) is 9.62 Å². The quantitative estimate of drug-likeness (QED) is 0.597. The molecule has 1 aromatic heterocycles. The van der Waals surface area contributed by atoms with Gasteiger partial charge >= 0.3 is 0 Å². The maximum atomic E-state index is 8.33. The number of aromatic nitrogens is 2. The number of nitrogen functional groups attached to an aromatic ring is 1. The van der Waals surface area contributed by atoms with Gasteiger partial charge in [-0.05, 0) is 10.3 Å². The Morgan fingerprint density at radius 2 is 2.45 bits per heavy atom. The molecule has 1 heterocycles. The van der Waals surface area contributed by atoms with Crippen LogP contribution in [0.1, 0.15) is 5.69 Å². The van der Waals surface area contributed by atoms with E-state index in [2.05, 4.69) is 19.9 Å². The maximum absolute atomic E-state index is 8.33. The van der Waals surface area contributed by atoms with E-state index in [1.54, 1.807) is 0 Å². The maximum Gasteiger partial charge on any atom is 0.198 e. The Hall–Kier alpha value is -1.14. The molecule has 60 valence electrons. The Balaban J connectivity index is 2.92. The van der Waals surface area contributed by atoms with Gasteiger partial charge in [-0.3, -0.25) is 0 Å². The van der Waals surface area contributed by atoms with Crippen LogP contribution < -0.4 is 5.73 Å². The predicted octanol–water partition coefficient (Wildman–Crippen LogP) is -0.413. The number of hydrogen-bond acceptors (Lipinski definition) is 6. The van der Waals surface area contributed by atoms with Crippen molar-refractivity contribution in [2.75, 3.05) is 12.5 Å². The molecule has 0 bridgehead atoms. The number of rotatable bonds is 2. The van der Waals surface area contributed by atoms with E-state index < -0.39 is 6.73 Å². The molecule has 0 unspecified atom stereocenters. The second kappa shape index (κ2) is 3.31. The van der Waals surface area contributed by atoms with E-state index in [9.17, 15) is 0 Å². The van der Waals surface area contributed by atoms with Crippen LogP contribution in [-0.4, -0.2) is 27.3 Å². The zero-order valence-corrected chi connectivity index (χ0v) is 6.12. The Kier molecular flexibility index (Phi) is 2.40. The van der Waals surface area contributed by atoms with Crippen molar-refractivity contribution >= 4 is 22.6 Å². The van der Waals surface area contributed by atoms with Crippen molar-refractivity contribution in [3.05, 3.63) is 5.69 Å². The summed E-state index contributed by atoms with van der Waals surface area (Å²) >= 11 is 5.50. The Morgan fingerprint density at radius 1 is 1.73 bits per heavy atom. The molecule has 0 aromatic carbocycles. The third kappa shape index (κ3) is 1.66. The van der Waals surface area contributed by atoms with Crippen molar-refractivity contribution in [1.82, 2.24) is 10.3 Å². The summed E-state index contributed by atoms with van der Waals surface area (Å²) in [6.45, 7) is -0.425. The molecule has 0 saturated heterocycles. The number of aliphatic imine (C=N–C) groups is 1. The number of anilines is 1. The van der Waals surface area contributed by atoms with Crippen LogP contribution in [-0.2, 0) is 0 Å². The van der Waals surface area contributed by atoms with Crippen molar-refractivity contribution < 1.29 is 9.74 Å². The summed E-state index contributed by atoms with van der Waals surface area (Å²) in [6, 6.07) is 0. The fraction of sp³-hybridized carbons (Fsp3) is 0.250. The van der Waals surface area contributed by atoms with Crippen molar-refractivity contribution in [3.63, 3.8) is 0 Å². The smallest absolute Gasteiger partial charge is 0.198 e. The molecule has 3 N–H and O–H groups in total. The van der Waals surface area contributed by atoms with Gasteiger partial charge in [0.05, 0.1) is 0 Å². The topological polar surface area (TPSA) is 97.5 Å². The van der Waals surface area contributed by atoms with Crippen LogP contribution in [0.4, 0.5) is 5.82 Å². The molecular weight excluding hydrogens is 172 g/mol. The molecule has 0 spiro atoms. The molecule has 0 fully saturated rings. The van der Waals surface area contributed by atoms with Crippen LogP contribution >= 0.6 is 11.6 Å². The molecule has 6 nitrogen and oxygen atoms in total. The van der Waals surface area contributed by atoms with E-state index in [1.807, 2.05) is 0 Å². The van der Waals surface area contributed by atoms with E-state index in [0.717, 1.165) is 0 Å². The summed E-state index contributed by atoms with van der Waals surface area (Å²) < 4.78 is 4.24. The minimum atomic E-state index is -0.425. The minimum Gasteiger partial charge on any atom is -0.379 e. The minimum absolute atomic E-state index is 0.0220. The third-order valence-electron chi connectivity index (χ3n) is 0.919. The van der Waals surface area contributed by atoms with Crippen LogP contribution in [0.2, 0.25) is 0 Å². The number of aliphatic hydroxyl groups excluding tert-OH is 1. The molecule has 0 aliphatic rings. The average molecular weight is 177 g/mol. The van der Waals surface area contributed by atoms with Crippen LogP contribution in [0.25, 0.3) is 0 Å². The molecule has 11 heavy (non-hydrogen) atoms. The van der Waals surface area contributed by atoms with Gasteiger partial charge in [0.25, 0.3) is 0 Å². The van der Waals surface area contributed by atoms with E-state index in [4.69, 9.17) is 22.4 Å². The summed E-state index contributed by atoms with van der Waals surface area (Å²) in [6.07, 6.45) is 0. The fourth-order valence-corrected chi connectivity index (χ4v) is 0.660. The van der Waals surface area contributed by atoms with Gasteiger partial charge < -0.3 is 10.8 Å². The molecule has 1 rings (SSSR count). The van der Waals surface area contributed by atoms with E-state index in [0.29, 0.717) is 0 Å². The molecule has 0 radical (unpaired) electrons. The van der Waals surface area contributed by atoms with E-state index in [-0.39, 0.29) is 16.7 Å².